The van der Waals surface area contributed by atoms with E-state index in [2.05, 4.69) is 24.3 Å². The number of benzene rings is 2. The Morgan fingerprint density at radius 1 is 1.05 bits per heavy atom. The van der Waals surface area contributed by atoms with Gasteiger partial charge < -0.3 is 4.74 Å². The standard InChI is InChI=1S/C15H13NOS.ClH/c1-17-14-8-4-2-6-11(14)13-10-18-15-9-5-3-7-12(15)16-13;/h2-9H,10H2,1H3;1H. The van der Waals surface area contributed by atoms with E-state index < -0.39 is 0 Å². The first kappa shape index (κ1) is 14.0. The van der Waals surface area contributed by atoms with Crippen LogP contribution in [0.4, 0.5) is 5.69 Å². The molecule has 0 saturated carbocycles. The molecule has 0 radical (unpaired) electrons. The van der Waals surface area contributed by atoms with Crippen molar-refractivity contribution in [2.45, 2.75) is 4.90 Å². The number of nitrogens with zero attached hydrogens (tertiary/aromatic N) is 1. The van der Waals surface area contributed by atoms with Crippen molar-refractivity contribution >= 4 is 35.6 Å². The van der Waals surface area contributed by atoms with Crippen molar-refractivity contribution in [3.05, 3.63) is 54.1 Å². The Labute approximate surface area is 123 Å². The van der Waals surface area contributed by atoms with Gasteiger partial charge in [-0.05, 0) is 24.3 Å². The maximum atomic E-state index is 5.40. The number of para-hydroxylation sites is 2. The summed E-state index contributed by atoms with van der Waals surface area (Å²) in [7, 11) is 1.70. The lowest BCUT2D eigenvalue weighted by molar-refractivity contribution is 0.414. The summed E-state index contributed by atoms with van der Waals surface area (Å²) in [5.74, 6) is 1.77. The van der Waals surface area contributed by atoms with Gasteiger partial charge in [-0.2, -0.15) is 0 Å². The molecule has 0 bridgehead atoms. The number of rotatable bonds is 2. The second kappa shape index (κ2) is 6.13. The van der Waals surface area contributed by atoms with E-state index in [0.29, 0.717) is 0 Å². The van der Waals surface area contributed by atoms with Crippen LogP contribution in [0, 0.1) is 0 Å². The quantitative estimate of drug-likeness (QED) is 0.821. The van der Waals surface area contributed by atoms with Crippen molar-refractivity contribution < 1.29 is 4.74 Å². The van der Waals surface area contributed by atoms with Crippen LogP contribution in [0.25, 0.3) is 0 Å². The normalized spacial score (nSPS) is 13.0. The molecular formula is C15H14ClNOS. The molecular weight excluding hydrogens is 278 g/mol. The third-order valence-corrected chi connectivity index (χ3v) is 3.98. The molecule has 0 saturated heterocycles. The number of ether oxygens (including phenoxy) is 1. The highest BCUT2D eigenvalue weighted by molar-refractivity contribution is 8.00. The fourth-order valence-electron chi connectivity index (χ4n) is 2.02. The van der Waals surface area contributed by atoms with Gasteiger partial charge >= 0.3 is 0 Å². The third kappa shape index (κ3) is 2.77. The number of aliphatic imine (C=N–C) groups is 1. The molecule has 98 valence electrons. The van der Waals surface area contributed by atoms with Gasteiger partial charge in [-0.15, -0.1) is 24.2 Å². The highest BCUT2D eigenvalue weighted by Gasteiger charge is 2.16. The SMILES string of the molecule is COc1ccccc1C1=Nc2ccccc2SC1.Cl. The number of halogens is 1. The maximum absolute atomic E-state index is 5.40. The molecule has 3 rings (SSSR count). The van der Waals surface area contributed by atoms with Gasteiger partial charge in [0.15, 0.2) is 0 Å². The van der Waals surface area contributed by atoms with Gasteiger partial charge in [-0.3, -0.25) is 4.99 Å². The summed E-state index contributed by atoms with van der Waals surface area (Å²) in [6.07, 6.45) is 0. The number of hydrogen-bond donors (Lipinski definition) is 0. The van der Waals surface area contributed by atoms with E-state index in [1.807, 2.05) is 36.0 Å². The van der Waals surface area contributed by atoms with Crippen LogP contribution in [-0.2, 0) is 0 Å². The molecule has 1 heterocycles. The minimum absolute atomic E-state index is 0. The molecule has 2 nitrogen and oxygen atoms in total. The van der Waals surface area contributed by atoms with Gasteiger partial charge in [-0.25, -0.2) is 0 Å². The van der Waals surface area contributed by atoms with Crippen LogP contribution in [0.3, 0.4) is 0 Å². The fourth-order valence-corrected chi connectivity index (χ4v) is 2.97. The van der Waals surface area contributed by atoms with Gasteiger partial charge in [0.2, 0.25) is 0 Å². The van der Waals surface area contributed by atoms with Crippen molar-refractivity contribution in [3.8, 4) is 5.75 Å². The lowest BCUT2D eigenvalue weighted by Gasteiger charge is -2.16. The Balaban J connectivity index is 0.00000133. The van der Waals surface area contributed by atoms with E-state index in [4.69, 9.17) is 9.73 Å². The molecule has 1 aliphatic heterocycles. The Bertz CT molecular complexity index is 613. The smallest absolute Gasteiger partial charge is 0.127 e. The molecule has 2 aromatic rings. The van der Waals surface area contributed by atoms with Crippen LogP contribution in [0.15, 0.2) is 58.4 Å². The molecule has 4 heteroatoms. The molecule has 0 atom stereocenters. The zero-order valence-electron chi connectivity index (χ0n) is 10.5. The Morgan fingerprint density at radius 3 is 2.63 bits per heavy atom. The molecule has 2 aromatic carbocycles. The highest BCUT2D eigenvalue weighted by Crippen LogP contribution is 2.35. The molecule has 0 spiro atoms. The first-order valence-electron chi connectivity index (χ1n) is 5.81. The second-order valence-corrected chi connectivity index (χ2v) is 5.03. The number of methoxy groups -OCH3 is 1. The summed E-state index contributed by atoms with van der Waals surface area (Å²) in [5.41, 5.74) is 3.22. The Kier molecular flexibility index (Phi) is 4.51. The predicted molar refractivity (Wildman–Crippen MR) is 83.6 cm³/mol. The van der Waals surface area contributed by atoms with E-state index >= 15 is 0 Å². The summed E-state index contributed by atoms with van der Waals surface area (Å²) >= 11 is 1.82. The first-order chi connectivity index (χ1) is 8.88. The van der Waals surface area contributed by atoms with Crippen LogP contribution >= 0.6 is 24.2 Å². The van der Waals surface area contributed by atoms with E-state index in [1.165, 1.54) is 4.90 Å². The minimum Gasteiger partial charge on any atom is -0.496 e. The second-order valence-electron chi connectivity index (χ2n) is 4.02. The largest absolute Gasteiger partial charge is 0.496 e. The van der Waals surface area contributed by atoms with E-state index in [0.717, 1.165) is 28.5 Å². The molecule has 0 amide bonds. The molecule has 19 heavy (non-hydrogen) atoms. The van der Waals surface area contributed by atoms with Crippen molar-refractivity contribution in [1.82, 2.24) is 0 Å². The first-order valence-corrected chi connectivity index (χ1v) is 6.80. The zero-order chi connectivity index (χ0) is 12.4. The van der Waals surface area contributed by atoms with Crippen molar-refractivity contribution in [2.75, 3.05) is 12.9 Å². The summed E-state index contributed by atoms with van der Waals surface area (Å²) in [5, 5.41) is 0. The van der Waals surface area contributed by atoms with Gasteiger partial charge in [0, 0.05) is 16.2 Å². The molecule has 0 fully saturated rings. The summed E-state index contributed by atoms with van der Waals surface area (Å²) in [6.45, 7) is 0. The predicted octanol–water partition coefficient (Wildman–Crippen LogP) is 4.34. The molecule has 0 aromatic heterocycles. The van der Waals surface area contributed by atoms with Crippen molar-refractivity contribution in [3.63, 3.8) is 0 Å². The number of fused-ring (bicyclic) bond motifs is 1. The Morgan fingerprint density at radius 2 is 1.79 bits per heavy atom. The van der Waals surface area contributed by atoms with Gasteiger partial charge in [-0.1, -0.05) is 24.3 Å². The van der Waals surface area contributed by atoms with Gasteiger partial charge in [0.1, 0.15) is 5.75 Å². The van der Waals surface area contributed by atoms with E-state index in [1.54, 1.807) is 7.11 Å². The van der Waals surface area contributed by atoms with E-state index in [9.17, 15) is 0 Å². The average Bonchev–Trinajstić information content (AvgIpc) is 2.46. The molecule has 0 unspecified atom stereocenters. The lowest BCUT2D eigenvalue weighted by atomic mass is 10.1. The fraction of sp³-hybridized carbons (Fsp3) is 0.133. The van der Waals surface area contributed by atoms with Crippen LogP contribution in [-0.4, -0.2) is 18.6 Å². The van der Waals surface area contributed by atoms with Crippen LogP contribution in [0.2, 0.25) is 0 Å². The van der Waals surface area contributed by atoms with Gasteiger partial charge in [0.05, 0.1) is 18.5 Å². The lowest BCUT2D eigenvalue weighted by Crippen LogP contribution is -2.09. The van der Waals surface area contributed by atoms with Gasteiger partial charge in [0.25, 0.3) is 0 Å². The van der Waals surface area contributed by atoms with Crippen LogP contribution in [0.5, 0.6) is 5.75 Å². The summed E-state index contributed by atoms with van der Waals surface area (Å²) < 4.78 is 5.40. The zero-order valence-corrected chi connectivity index (χ0v) is 12.1. The monoisotopic (exact) mass is 291 g/mol. The average molecular weight is 292 g/mol. The number of thioether (sulfide) groups is 1. The summed E-state index contributed by atoms with van der Waals surface area (Å²) in [4.78, 5) is 5.99. The maximum Gasteiger partial charge on any atom is 0.127 e. The van der Waals surface area contributed by atoms with Crippen LogP contribution in [0.1, 0.15) is 5.56 Å². The number of hydrogen-bond acceptors (Lipinski definition) is 3. The molecule has 1 aliphatic rings. The topological polar surface area (TPSA) is 21.6 Å². The molecule has 0 aliphatic carbocycles. The highest BCUT2D eigenvalue weighted by atomic mass is 35.5. The molecule has 0 N–H and O–H groups in total. The van der Waals surface area contributed by atoms with Crippen molar-refractivity contribution in [2.24, 2.45) is 4.99 Å². The third-order valence-electron chi connectivity index (χ3n) is 2.90. The Hall–Kier alpha value is -1.45. The van der Waals surface area contributed by atoms with Crippen LogP contribution < -0.4 is 4.74 Å². The minimum atomic E-state index is 0. The van der Waals surface area contributed by atoms with Crippen molar-refractivity contribution in [1.29, 1.82) is 0 Å². The van der Waals surface area contributed by atoms with E-state index in [-0.39, 0.29) is 12.4 Å². The summed E-state index contributed by atoms with van der Waals surface area (Å²) in [6, 6.07) is 16.3.